The lowest BCUT2D eigenvalue weighted by Crippen LogP contribution is -2.05. The van der Waals surface area contributed by atoms with Gasteiger partial charge in [0.1, 0.15) is 5.78 Å². The van der Waals surface area contributed by atoms with Gasteiger partial charge in [0, 0.05) is 12.8 Å². The first-order valence-corrected chi connectivity index (χ1v) is 7.82. The molecule has 0 rings (SSSR count). The molecule has 0 aliphatic rings. The van der Waals surface area contributed by atoms with Gasteiger partial charge in [0.15, 0.2) is 0 Å². The third-order valence-corrected chi connectivity index (χ3v) is 3.17. The highest BCUT2D eigenvalue weighted by atomic mass is 16.5. The van der Waals surface area contributed by atoms with Crippen LogP contribution in [0.2, 0.25) is 0 Å². The Morgan fingerprint density at radius 2 is 1.37 bits per heavy atom. The van der Waals surface area contributed by atoms with Crippen LogP contribution in [0.1, 0.15) is 84.5 Å². The lowest BCUT2D eigenvalue weighted by atomic mass is 10.1. The highest BCUT2D eigenvalue weighted by Crippen LogP contribution is 2.07. The summed E-state index contributed by atoms with van der Waals surface area (Å²) < 4.78 is 5.15. The Balaban J connectivity index is 3.18. The predicted molar refractivity (Wildman–Crippen MR) is 78.1 cm³/mol. The third kappa shape index (κ3) is 15.1. The van der Waals surface area contributed by atoms with E-state index in [-0.39, 0.29) is 11.8 Å². The van der Waals surface area contributed by atoms with Gasteiger partial charge in [-0.25, -0.2) is 0 Å². The topological polar surface area (TPSA) is 43.4 Å². The van der Waals surface area contributed by atoms with Crippen LogP contribution in [0.5, 0.6) is 0 Å². The summed E-state index contributed by atoms with van der Waals surface area (Å²) in [5.74, 6) is 0.0750. The van der Waals surface area contributed by atoms with Gasteiger partial charge in [-0.1, -0.05) is 45.4 Å². The molecular weight excluding hydrogens is 240 g/mol. The minimum Gasteiger partial charge on any atom is -0.466 e. The molecule has 0 atom stereocenters. The van der Waals surface area contributed by atoms with Gasteiger partial charge < -0.3 is 9.53 Å². The fraction of sp³-hybridized carbons (Fsp3) is 0.875. The molecule has 0 spiro atoms. The standard InChI is InChI=1S/C16H30O3/c1-3-4-5-6-7-8-11-14-19-16(18)13-10-9-12-15(2)17/h3-14H2,1-2H3. The third-order valence-electron chi connectivity index (χ3n) is 3.17. The normalized spacial score (nSPS) is 10.4. The highest BCUT2D eigenvalue weighted by molar-refractivity contribution is 5.75. The lowest BCUT2D eigenvalue weighted by Gasteiger charge is -2.04. The molecule has 0 aromatic heterocycles. The Morgan fingerprint density at radius 3 is 2.00 bits per heavy atom. The van der Waals surface area contributed by atoms with Crippen molar-refractivity contribution in [2.24, 2.45) is 0 Å². The Morgan fingerprint density at radius 1 is 0.789 bits per heavy atom. The van der Waals surface area contributed by atoms with Crippen molar-refractivity contribution < 1.29 is 14.3 Å². The minimum atomic E-state index is -0.116. The predicted octanol–water partition coefficient (Wildman–Crippen LogP) is 4.43. The van der Waals surface area contributed by atoms with Crippen LogP contribution in [0.25, 0.3) is 0 Å². The van der Waals surface area contributed by atoms with Crippen LogP contribution < -0.4 is 0 Å². The van der Waals surface area contributed by atoms with Gasteiger partial charge in [-0.2, -0.15) is 0 Å². The lowest BCUT2D eigenvalue weighted by molar-refractivity contribution is -0.144. The fourth-order valence-corrected chi connectivity index (χ4v) is 1.96. The van der Waals surface area contributed by atoms with E-state index in [2.05, 4.69) is 6.92 Å². The molecule has 0 heterocycles. The first-order chi connectivity index (χ1) is 9.16. The van der Waals surface area contributed by atoms with E-state index >= 15 is 0 Å². The van der Waals surface area contributed by atoms with E-state index < -0.39 is 0 Å². The summed E-state index contributed by atoms with van der Waals surface area (Å²) in [5.41, 5.74) is 0. The van der Waals surface area contributed by atoms with Crippen LogP contribution in [-0.2, 0) is 14.3 Å². The number of hydrogen-bond donors (Lipinski definition) is 0. The second-order valence-electron chi connectivity index (χ2n) is 5.25. The van der Waals surface area contributed by atoms with E-state index in [1.807, 2.05) is 0 Å². The number of Topliss-reactive ketones (excluding diaryl/α,β-unsaturated/α-hetero) is 1. The maximum atomic E-state index is 11.4. The molecule has 0 N–H and O–H groups in total. The monoisotopic (exact) mass is 270 g/mol. The average Bonchev–Trinajstić information content (AvgIpc) is 2.37. The maximum Gasteiger partial charge on any atom is 0.305 e. The van der Waals surface area contributed by atoms with Crippen molar-refractivity contribution in [1.82, 2.24) is 0 Å². The summed E-state index contributed by atoms with van der Waals surface area (Å²) in [6.07, 6.45) is 11.2. The van der Waals surface area contributed by atoms with Crippen molar-refractivity contribution in [3.05, 3.63) is 0 Å². The van der Waals surface area contributed by atoms with E-state index in [1.165, 1.54) is 32.1 Å². The smallest absolute Gasteiger partial charge is 0.305 e. The largest absolute Gasteiger partial charge is 0.466 e. The van der Waals surface area contributed by atoms with Gasteiger partial charge in [-0.3, -0.25) is 4.79 Å². The van der Waals surface area contributed by atoms with Gasteiger partial charge in [-0.15, -0.1) is 0 Å². The van der Waals surface area contributed by atoms with Crippen LogP contribution in [0.3, 0.4) is 0 Å². The Labute approximate surface area is 118 Å². The number of hydrogen-bond acceptors (Lipinski definition) is 3. The summed E-state index contributed by atoms with van der Waals surface area (Å²) in [7, 11) is 0. The van der Waals surface area contributed by atoms with Crippen LogP contribution >= 0.6 is 0 Å². The fourth-order valence-electron chi connectivity index (χ4n) is 1.96. The number of unbranched alkanes of at least 4 members (excludes halogenated alkanes) is 7. The number of ketones is 1. The number of esters is 1. The second-order valence-corrected chi connectivity index (χ2v) is 5.25. The van der Waals surface area contributed by atoms with Crippen molar-refractivity contribution in [3.63, 3.8) is 0 Å². The summed E-state index contributed by atoms with van der Waals surface area (Å²) in [5, 5.41) is 0. The zero-order chi connectivity index (χ0) is 14.3. The van der Waals surface area contributed by atoms with E-state index in [1.54, 1.807) is 6.92 Å². The average molecular weight is 270 g/mol. The van der Waals surface area contributed by atoms with Crippen molar-refractivity contribution in [2.45, 2.75) is 84.5 Å². The Kier molecular flexibility index (Phi) is 13.0. The van der Waals surface area contributed by atoms with Crippen LogP contribution in [0, 0.1) is 0 Å². The highest BCUT2D eigenvalue weighted by Gasteiger charge is 2.03. The molecule has 3 heteroatoms. The van der Waals surface area contributed by atoms with Crippen molar-refractivity contribution in [3.8, 4) is 0 Å². The molecule has 112 valence electrons. The minimum absolute atomic E-state index is 0.116. The van der Waals surface area contributed by atoms with Gasteiger partial charge in [0.05, 0.1) is 6.61 Å². The summed E-state index contributed by atoms with van der Waals surface area (Å²) in [4.78, 5) is 22.1. The number of carbonyl (C=O) groups is 2. The molecule has 0 aromatic rings. The molecule has 0 radical (unpaired) electrons. The van der Waals surface area contributed by atoms with Crippen molar-refractivity contribution >= 4 is 11.8 Å². The number of ether oxygens (including phenoxy) is 1. The SMILES string of the molecule is CCCCCCCCCOC(=O)CCCCC(C)=O. The zero-order valence-corrected chi connectivity index (χ0v) is 12.7. The second kappa shape index (κ2) is 13.6. The molecule has 3 nitrogen and oxygen atoms in total. The molecule has 19 heavy (non-hydrogen) atoms. The van der Waals surface area contributed by atoms with Gasteiger partial charge in [0.2, 0.25) is 0 Å². The van der Waals surface area contributed by atoms with E-state index in [0.717, 1.165) is 25.7 Å². The molecule has 0 saturated carbocycles. The molecular formula is C16H30O3. The van der Waals surface area contributed by atoms with Gasteiger partial charge in [-0.05, 0) is 26.2 Å². The van der Waals surface area contributed by atoms with Crippen LogP contribution in [0.4, 0.5) is 0 Å². The molecule has 0 saturated heterocycles. The Bertz CT molecular complexity index is 236. The quantitative estimate of drug-likeness (QED) is 0.367. The molecule has 0 fully saturated rings. The first-order valence-electron chi connectivity index (χ1n) is 7.82. The summed E-state index contributed by atoms with van der Waals surface area (Å²) >= 11 is 0. The summed E-state index contributed by atoms with van der Waals surface area (Å²) in [6, 6.07) is 0. The molecule has 0 unspecified atom stereocenters. The Hall–Kier alpha value is -0.860. The van der Waals surface area contributed by atoms with Crippen molar-refractivity contribution in [2.75, 3.05) is 6.61 Å². The van der Waals surface area contributed by atoms with Crippen LogP contribution in [0.15, 0.2) is 0 Å². The first kappa shape index (κ1) is 18.1. The molecule has 0 aliphatic carbocycles. The van der Waals surface area contributed by atoms with Crippen LogP contribution in [-0.4, -0.2) is 18.4 Å². The summed E-state index contributed by atoms with van der Waals surface area (Å²) in [6.45, 7) is 4.36. The molecule has 0 bridgehead atoms. The van der Waals surface area contributed by atoms with Gasteiger partial charge in [0.25, 0.3) is 0 Å². The number of carbonyl (C=O) groups excluding carboxylic acids is 2. The number of rotatable bonds is 13. The van der Waals surface area contributed by atoms with Crippen molar-refractivity contribution in [1.29, 1.82) is 0 Å². The van der Waals surface area contributed by atoms with E-state index in [0.29, 0.717) is 19.4 Å². The maximum absolute atomic E-state index is 11.4. The molecule has 0 aromatic carbocycles. The van der Waals surface area contributed by atoms with Gasteiger partial charge >= 0.3 is 5.97 Å². The van der Waals surface area contributed by atoms with E-state index in [4.69, 9.17) is 4.74 Å². The van der Waals surface area contributed by atoms with E-state index in [9.17, 15) is 9.59 Å². The molecule has 0 amide bonds. The zero-order valence-electron chi connectivity index (χ0n) is 12.7. The molecule has 0 aliphatic heterocycles.